The highest BCUT2D eigenvalue weighted by atomic mass is 19.1. The number of aromatic nitrogens is 6. The van der Waals surface area contributed by atoms with Gasteiger partial charge in [-0.2, -0.15) is 0 Å². The fourth-order valence-corrected chi connectivity index (χ4v) is 6.36. The molecule has 9 heteroatoms. The summed E-state index contributed by atoms with van der Waals surface area (Å²) in [7, 11) is 0. The standard InChI is InChI=1S/C29H27FN8/c30-20-3-1-10-33-26(20)22-13-18-17(7-11-34-27(18)35-22)28-36-23-15-31-14-19(16-5-6-16)25(23)29(37-28)38-12-8-21-24(38)4-2-9-32-21/h1,3,7,10-11,13-16,21,24,32H,2,4-6,8-9,12H2,(H,34,35). The van der Waals surface area contributed by atoms with Crippen LogP contribution in [0, 0.1) is 5.82 Å². The van der Waals surface area contributed by atoms with Crippen LogP contribution in [-0.4, -0.2) is 55.1 Å². The van der Waals surface area contributed by atoms with Crippen LogP contribution in [0.25, 0.3) is 44.7 Å². The van der Waals surface area contributed by atoms with Crippen LogP contribution in [0.2, 0.25) is 0 Å². The second-order valence-corrected chi connectivity index (χ2v) is 10.7. The zero-order chi connectivity index (χ0) is 25.2. The molecule has 8 nitrogen and oxygen atoms in total. The van der Waals surface area contributed by atoms with Gasteiger partial charge in [0.05, 0.1) is 17.4 Å². The lowest BCUT2D eigenvalue weighted by molar-refractivity contribution is 0.382. The smallest absolute Gasteiger partial charge is 0.163 e. The molecule has 2 saturated heterocycles. The van der Waals surface area contributed by atoms with Gasteiger partial charge in [0.25, 0.3) is 0 Å². The third-order valence-electron chi connectivity index (χ3n) is 8.32. The molecule has 0 spiro atoms. The summed E-state index contributed by atoms with van der Waals surface area (Å²) in [6.07, 6.45) is 13.1. The van der Waals surface area contributed by atoms with E-state index >= 15 is 0 Å². The van der Waals surface area contributed by atoms with Crippen molar-refractivity contribution in [1.82, 2.24) is 35.2 Å². The molecule has 2 aliphatic heterocycles. The molecular formula is C29H27FN8. The van der Waals surface area contributed by atoms with Gasteiger partial charge in [-0.25, -0.2) is 19.3 Å². The van der Waals surface area contributed by atoms with Crippen molar-refractivity contribution in [2.24, 2.45) is 0 Å². The van der Waals surface area contributed by atoms with E-state index in [0.717, 1.165) is 47.2 Å². The number of H-pyrrole nitrogens is 1. The first-order chi connectivity index (χ1) is 18.7. The number of hydrogen-bond donors (Lipinski definition) is 2. The highest BCUT2D eigenvalue weighted by molar-refractivity contribution is 5.98. The highest BCUT2D eigenvalue weighted by Crippen LogP contribution is 2.46. The first kappa shape index (κ1) is 22.0. The second-order valence-electron chi connectivity index (χ2n) is 10.7. The van der Waals surface area contributed by atoms with Crippen LogP contribution in [0.1, 0.15) is 43.6 Å². The molecule has 3 aliphatic rings. The van der Waals surface area contributed by atoms with Crippen molar-refractivity contribution in [3.05, 3.63) is 60.4 Å². The number of piperidine rings is 1. The fraction of sp³-hybridized carbons (Fsp3) is 0.345. The third kappa shape index (κ3) is 3.49. The van der Waals surface area contributed by atoms with Gasteiger partial charge in [0.2, 0.25) is 0 Å². The Kier molecular flexibility index (Phi) is 4.95. The molecule has 2 unspecified atom stereocenters. The number of halogens is 1. The highest BCUT2D eigenvalue weighted by Gasteiger charge is 2.38. The summed E-state index contributed by atoms with van der Waals surface area (Å²) in [6.45, 7) is 2.06. The molecule has 2 atom stereocenters. The van der Waals surface area contributed by atoms with Crippen molar-refractivity contribution in [2.45, 2.75) is 50.1 Å². The average Bonchev–Trinajstić information content (AvgIpc) is 3.56. The predicted octanol–water partition coefficient (Wildman–Crippen LogP) is 4.98. The lowest BCUT2D eigenvalue weighted by atomic mass is 9.99. The maximum Gasteiger partial charge on any atom is 0.163 e. The molecule has 1 saturated carbocycles. The van der Waals surface area contributed by atoms with Crippen LogP contribution in [0.15, 0.2) is 49.1 Å². The number of hydrogen-bond acceptors (Lipinski definition) is 7. The van der Waals surface area contributed by atoms with Gasteiger partial charge in [-0.05, 0) is 74.4 Å². The molecule has 5 aromatic rings. The molecule has 7 heterocycles. The van der Waals surface area contributed by atoms with Crippen molar-refractivity contribution < 1.29 is 4.39 Å². The van der Waals surface area contributed by atoms with Crippen molar-refractivity contribution >= 4 is 27.8 Å². The van der Waals surface area contributed by atoms with E-state index in [0.29, 0.717) is 35.2 Å². The van der Waals surface area contributed by atoms with E-state index in [4.69, 9.17) is 9.97 Å². The number of rotatable bonds is 4. The van der Waals surface area contributed by atoms with Gasteiger partial charge in [0, 0.05) is 53.6 Å². The Morgan fingerprint density at radius 3 is 2.84 bits per heavy atom. The van der Waals surface area contributed by atoms with Gasteiger partial charge < -0.3 is 15.2 Å². The molecule has 0 bridgehead atoms. The lowest BCUT2D eigenvalue weighted by Crippen LogP contribution is -2.47. The Morgan fingerprint density at radius 2 is 1.95 bits per heavy atom. The molecule has 1 aliphatic carbocycles. The molecule has 38 heavy (non-hydrogen) atoms. The van der Waals surface area contributed by atoms with Gasteiger partial charge in [-0.3, -0.25) is 9.97 Å². The largest absolute Gasteiger partial charge is 0.351 e. The summed E-state index contributed by atoms with van der Waals surface area (Å²) in [5, 5.41) is 5.71. The maximum atomic E-state index is 14.5. The molecular weight excluding hydrogens is 479 g/mol. The van der Waals surface area contributed by atoms with Gasteiger partial charge in [0.15, 0.2) is 11.6 Å². The number of anilines is 1. The van der Waals surface area contributed by atoms with Gasteiger partial charge in [0.1, 0.15) is 17.2 Å². The van der Waals surface area contributed by atoms with Crippen molar-refractivity contribution in [3.8, 4) is 22.8 Å². The fourth-order valence-electron chi connectivity index (χ4n) is 6.36. The van der Waals surface area contributed by atoms with E-state index in [1.807, 2.05) is 24.5 Å². The topological polar surface area (TPSA) is 95.5 Å². The Balaban J connectivity index is 1.33. The Morgan fingerprint density at radius 1 is 1.00 bits per heavy atom. The Hall–Kier alpha value is -3.98. The molecule has 0 radical (unpaired) electrons. The molecule has 5 aromatic heterocycles. The molecule has 3 fully saturated rings. The molecule has 2 N–H and O–H groups in total. The van der Waals surface area contributed by atoms with Crippen molar-refractivity contribution in [1.29, 1.82) is 0 Å². The second kappa shape index (κ2) is 8.52. The molecule has 8 rings (SSSR count). The summed E-state index contributed by atoms with van der Waals surface area (Å²) in [6, 6.07) is 7.76. The zero-order valence-corrected chi connectivity index (χ0v) is 20.9. The monoisotopic (exact) mass is 506 g/mol. The summed E-state index contributed by atoms with van der Waals surface area (Å²) >= 11 is 0. The van der Waals surface area contributed by atoms with E-state index in [9.17, 15) is 4.39 Å². The van der Waals surface area contributed by atoms with Crippen LogP contribution in [-0.2, 0) is 0 Å². The minimum atomic E-state index is -0.381. The summed E-state index contributed by atoms with van der Waals surface area (Å²) < 4.78 is 14.5. The minimum absolute atomic E-state index is 0.266. The maximum absolute atomic E-state index is 14.5. The molecule has 0 amide bonds. The number of fused-ring (bicyclic) bond motifs is 3. The van der Waals surface area contributed by atoms with Crippen LogP contribution in [0.4, 0.5) is 10.2 Å². The van der Waals surface area contributed by atoms with Gasteiger partial charge >= 0.3 is 0 Å². The summed E-state index contributed by atoms with van der Waals surface area (Å²) in [5.74, 6) is 1.81. The van der Waals surface area contributed by atoms with Crippen LogP contribution in [0.5, 0.6) is 0 Å². The predicted molar refractivity (Wildman–Crippen MR) is 144 cm³/mol. The first-order valence-corrected chi connectivity index (χ1v) is 13.5. The van der Waals surface area contributed by atoms with E-state index in [1.165, 1.54) is 37.3 Å². The molecule has 190 valence electrons. The minimum Gasteiger partial charge on any atom is -0.351 e. The first-order valence-electron chi connectivity index (χ1n) is 13.5. The lowest BCUT2D eigenvalue weighted by Gasteiger charge is -2.34. The number of nitrogens with zero attached hydrogens (tertiary/aromatic N) is 6. The van der Waals surface area contributed by atoms with Crippen LogP contribution < -0.4 is 10.2 Å². The Labute approximate surface area is 218 Å². The van der Waals surface area contributed by atoms with Gasteiger partial charge in [-0.15, -0.1) is 0 Å². The third-order valence-corrected chi connectivity index (χ3v) is 8.32. The Bertz CT molecular complexity index is 1690. The number of aromatic amines is 1. The molecule has 0 aromatic carbocycles. The van der Waals surface area contributed by atoms with E-state index in [-0.39, 0.29) is 11.5 Å². The average molecular weight is 507 g/mol. The van der Waals surface area contributed by atoms with E-state index in [1.54, 1.807) is 18.5 Å². The van der Waals surface area contributed by atoms with Crippen molar-refractivity contribution in [3.63, 3.8) is 0 Å². The van der Waals surface area contributed by atoms with E-state index < -0.39 is 0 Å². The van der Waals surface area contributed by atoms with E-state index in [2.05, 4.69) is 30.2 Å². The van der Waals surface area contributed by atoms with Crippen LogP contribution in [0.3, 0.4) is 0 Å². The summed E-state index contributed by atoms with van der Waals surface area (Å²) in [5.41, 5.74) is 4.49. The van der Waals surface area contributed by atoms with Gasteiger partial charge in [-0.1, -0.05) is 0 Å². The zero-order valence-electron chi connectivity index (χ0n) is 20.9. The SMILES string of the molecule is Fc1cccnc1-c1cc2c(-c3nc(N4CCC5NCCCC54)c4c(C5CC5)cncc4n3)ccnc2[nH]1. The normalized spacial score (nSPS) is 21.3. The van der Waals surface area contributed by atoms with Crippen molar-refractivity contribution in [2.75, 3.05) is 18.0 Å². The number of pyridine rings is 3. The quantitative estimate of drug-likeness (QED) is 0.355. The van der Waals surface area contributed by atoms with Crippen LogP contribution >= 0.6 is 0 Å². The number of nitrogens with one attached hydrogen (secondary N) is 2. The summed E-state index contributed by atoms with van der Waals surface area (Å²) in [4.78, 5) is 29.4.